The largest absolute Gasteiger partial charge is 0.359 e. The molecule has 2 aromatic rings. The molecule has 28 heavy (non-hydrogen) atoms. The van der Waals surface area contributed by atoms with E-state index in [0.717, 1.165) is 43.0 Å². The van der Waals surface area contributed by atoms with E-state index in [0.29, 0.717) is 31.7 Å². The Balaban J connectivity index is 1.74. The lowest BCUT2D eigenvalue weighted by atomic mass is 10.2. The van der Waals surface area contributed by atoms with Crippen LogP contribution in [0.5, 0.6) is 0 Å². The molecule has 8 nitrogen and oxygen atoms in total. The van der Waals surface area contributed by atoms with Crippen LogP contribution in [0, 0.1) is 0 Å². The SMILES string of the molecule is CCCCN(C)c1c(CC)nc2ccc(C(=O)NCCN3CCNC3=O)cn12. The Hall–Kier alpha value is -2.77. The molecule has 1 saturated heterocycles. The van der Waals surface area contributed by atoms with Gasteiger partial charge in [-0.05, 0) is 25.0 Å². The van der Waals surface area contributed by atoms with Gasteiger partial charge in [-0.3, -0.25) is 9.20 Å². The number of carbonyl (C=O) groups is 2. The van der Waals surface area contributed by atoms with Crippen molar-refractivity contribution in [3.05, 3.63) is 29.6 Å². The first-order chi connectivity index (χ1) is 13.5. The summed E-state index contributed by atoms with van der Waals surface area (Å²) in [6.45, 7) is 7.51. The van der Waals surface area contributed by atoms with Crippen molar-refractivity contribution in [1.82, 2.24) is 24.9 Å². The molecule has 0 saturated carbocycles. The van der Waals surface area contributed by atoms with Crippen LogP contribution in [-0.2, 0) is 6.42 Å². The quantitative estimate of drug-likeness (QED) is 0.690. The van der Waals surface area contributed by atoms with Gasteiger partial charge in [-0.1, -0.05) is 20.3 Å². The van der Waals surface area contributed by atoms with Gasteiger partial charge in [-0.15, -0.1) is 0 Å². The molecular weight excluding hydrogens is 356 g/mol. The standard InChI is InChI=1S/C20H30N6O2/c1-4-6-11-24(3)19-16(5-2)23-17-8-7-15(14-26(17)19)18(27)21-9-12-25-13-10-22-20(25)28/h7-8,14H,4-6,9-13H2,1-3H3,(H,21,27)(H,22,28). The second-order valence-electron chi connectivity index (χ2n) is 7.13. The smallest absolute Gasteiger partial charge is 0.317 e. The van der Waals surface area contributed by atoms with E-state index in [1.165, 1.54) is 0 Å². The molecule has 0 bridgehead atoms. The van der Waals surface area contributed by atoms with Crippen LogP contribution in [0.25, 0.3) is 5.65 Å². The van der Waals surface area contributed by atoms with Crippen molar-refractivity contribution in [2.24, 2.45) is 0 Å². The van der Waals surface area contributed by atoms with Crippen LogP contribution in [-0.4, -0.2) is 66.0 Å². The molecule has 0 atom stereocenters. The van der Waals surface area contributed by atoms with Gasteiger partial charge in [0.1, 0.15) is 11.5 Å². The van der Waals surface area contributed by atoms with Crippen LogP contribution in [0.4, 0.5) is 10.6 Å². The number of aryl methyl sites for hydroxylation is 1. The summed E-state index contributed by atoms with van der Waals surface area (Å²) in [5.41, 5.74) is 2.47. The molecule has 1 fully saturated rings. The van der Waals surface area contributed by atoms with E-state index in [-0.39, 0.29) is 11.9 Å². The minimum atomic E-state index is -0.143. The Morgan fingerprint density at radius 2 is 2.18 bits per heavy atom. The summed E-state index contributed by atoms with van der Waals surface area (Å²) in [5.74, 6) is 0.907. The summed E-state index contributed by atoms with van der Waals surface area (Å²) >= 11 is 0. The van der Waals surface area contributed by atoms with Gasteiger partial charge in [0.2, 0.25) is 0 Å². The molecular formula is C20H30N6O2. The molecule has 2 aromatic heterocycles. The molecule has 0 aromatic carbocycles. The van der Waals surface area contributed by atoms with Crippen LogP contribution in [0.3, 0.4) is 0 Å². The molecule has 2 N–H and O–H groups in total. The van der Waals surface area contributed by atoms with Crippen molar-refractivity contribution in [3.8, 4) is 0 Å². The predicted octanol–water partition coefficient (Wildman–Crippen LogP) is 1.89. The molecule has 3 amide bonds. The van der Waals surface area contributed by atoms with Crippen molar-refractivity contribution >= 4 is 23.4 Å². The van der Waals surface area contributed by atoms with Gasteiger partial charge < -0.3 is 20.4 Å². The zero-order valence-corrected chi connectivity index (χ0v) is 17.0. The number of hydrogen-bond acceptors (Lipinski definition) is 4. The number of hydrogen-bond donors (Lipinski definition) is 2. The normalized spacial score (nSPS) is 13.8. The third-order valence-electron chi connectivity index (χ3n) is 5.08. The molecule has 3 rings (SSSR count). The van der Waals surface area contributed by atoms with Gasteiger partial charge in [0, 0.05) is 46.0 Å². The number of rotatable bonds is 9. The maximum Gasteiger partial charge on any atom is 0.317 e. The van der Waals surface area contributed by atoms with Gasteiger partial charge in [0.25, 0.3) is 5.91 Å². The van der Waals surface area contributed by atoms with Crippen molar-refractivity contribution in [2.75, 3.05) is 44.7 Å². The molecule has 152 valence electrons. The number of pyridine rings is 1. The highest BCUT2D eigenvalue weighted by Gasteiger charge is 2.19. The molecule has 0 unspecified atom stereocenters. The highest BCUT2D eigenvalue weighted by molar-refractivity contribution is 5.94. The van der Waals surface area contributed by atoms with Gasteiger partial charge in [-0.25, -0.2) is 9.78 Å². The second kappa shape index (κ2) is 8.95. The number of fused-ring (bicyclic) bond motifs is 1. The van der Waals surface area contributed by atoms with Crippen LogP contribution in [0.15, 0.2) is 18.3 Å². The fourth-order valence-electron chi connectivity index (χ4n) is 3.49. The fraction of sp³-hybridized carbons (Fsp3) is 0.550. The lowest BCUT2D eigenvalue weighted by Gasteiger charge is -2.20. The van der Waals surface area contributed by atoms with Gasteiger partial charge >= 0.3 is 6.03 Å². The minimum absolute atomic E-state index is 0.0686. The van der Waals surface area contributed by atoms with Crippen molar-refractivity contribution in [1.29, 1.82) is 0 Å². The molecule has 8 heteroatoms. The Bertz CT molecular complexity index is 847. The van der Waals surface area contributed by atoms with Crippen molar-refractivity contribution in [2.45, 2.75) is 33.1 Å². The van der Waals surface area contributed by atoms with Crippen LogP contribution < -0.4 is 15.5 Å². The summed E-state index contributed by atoms with van der Waals surface area (Å²) in [7, 11) is 2.08. The molecule has 1 aliphatic rings. The second-order valence-corrected chi connectivity index (χ2v) is 7.13. The molecule has 1 aliphatic heterocycles. The van der Waals surface area contributed by atoms with Crippen LogP contribution >= 0.6 is 0 Å². The molecule has 0 aliphatic carbocycles. The average molecular weight is 387 g/mol. The lowest BCUT2D eigenvalue weighted by molar-refractivity contribution is 0.0950. The summed E-state index contributed by atoms with van der Waals surface area (Å²) in [4.78, 5) is 32.8. The lowest BCUT2D eigenvalue weighted by Crippen LogP contribution is -2.36. The average Bonchev–Trinajstić information content (AvgIpc) is 3.28. The first-order valence-electron chi connectivity index (χ1n) is 10.1. The first-order valence-corrected chi connectivity index (χ1v) is 10.1. The summed E-state index contributed by atoms with van der Waals surface area (Å²) in [6, 6.07) is 3.62. The topological polar surface area (TPSA) is 82.0 Å². The zero-order valence-electron chi connectivity index (χ0n) is 17.0. The summed E-state index contributed by atoms with van der Waals surface area (Å²) in [5, 5.41) is 5.66. The maximum atomic E-state index is 12.6. The van der Waals surface area contributed by atoms with E-state index in [9.17, 15) is 9.59 Å². The molecule has 0 spiro atoms. The predicted molar refractivity (Wildman–Crippen MR) is 110 cm³/mol. The Morgan fingerprint density at radius 1 is 1.36 bits per heavy atom. The van der Waals surface area contributed by atoms with Crippen molar-refractivity contribution < 1.29 is 9.59 Å². The number of amides is 3. The fourth-order valence-corrected chi connectivity index (χ4v) is 3.49. The highest BCUT2D eigenvalue weighted by atomic mass is 16.2. The van der Waals surface area contributed by atoms with E-state index in [1.54, 1.807) is 11.0 Å². The van der Waals surface area contributed by atoms with E-state index in [2.05, 4.69) is 36.4 Å². The Labute approximate surface area is 165 Å². The van der Waals surface area contributed by atoms with Gasteiger partial charge in [-0.2, -0.15) is 0 Å². The molecule has 0 radical (unpaired) electrons. The Kier molecular flexibility index (Phi) is 6.38. The summed E-state index contributed by atoms with van der Waals surface area (Å²) < 4.78 is 2.01. The summed E-state index contributed by atoms with van der Waals surface area (Å²) in [6.07, 6.45) is 4.94. The number of urea groups is 1. The van der Waals surface area contributed by atoms with Crippen molar-refractivity contribution in [3.63, 3.8) is 0 Å². The monoisotopic (exact) mass is 386 g/mol. The number of anilines is 1. The van der Waals surface area contributed by atoms with Gasteiger partial charge in [0.05, 0.1) is 11.3 Å². The van der Waals surface area contributed by atoms with E-state index in [4.69, 9.17) is 4.98 Å². The first kappa shape index (κ1) is 20.0. The van der Waals surface area contributed by atoms with E-state index >= 15 is 0 Å². The maximum absolute atomic E-state index is 12.6. The highest BCUT2D eigenvalue weighted by Crippen LogP contribution is 2.23. The zero-order chi connectivity index (χ0) is 20.1. The number of nitrogens with zero attached hydrogens (tertiary/aromatic N) is 4. The number of aromatic nitrogens is 2. The van der Waals surface area contributed by atoms with E-state index in [1.807, 2.05) is 16.7 Å². The van der Waals surface area contributed by atoms with E-state index < -0.39 is 0 Å². The van der Waals surface area contributed by atoms with Gasteiger partial charge in [0.15, 0.2) is 0 Å². The number of nitrogens with one attached hydrogen (secondary N) is 2. The third kappa shape index (κ3) is 4.21. The number of carbonyl (C=O) groups excluding carboxylic acids is 2. The minimum Gasteiger partial charge on any atom is -0.359 e. The Morgan fingerprint density at radius 3 is 2.86 bits per heavy atom. The molecule has 3 heterocycles. The number of unbranched alkanes of at least 4 members (excludes halogenated alkanes) is 1. The van der Waals surface area contributed by atoms with Crippen LogP contribution in [0.1, 0.15) is 42.7 Å². The van der Waals surface area contributed by atoms with Crippen LogP contribution in [0.2, 0.25) is 0 Å². The third-order valence-corrected chi connectivity index (χ3v) is 5.08. The number of imidazole rings is 1.